The van der Waals surface area contributed by atoms with Gasteiger partial charge in [-0.2, -0.15) is 0 Å². The summed E-state index contributed by atoms with van der Waals surface area (Å²) in [7, 11) is 0. The van der Waals surface area contributed by atoms with Gasteiger partial charge in [-0.1, -0.05) is 29.8 Å². The summed E-state index contributed by atoms with van der Waals surface area (Å²) < 4.78 is 5.92. The maximum absolute atomic E-state index is 13.0. The molecular weight excluding hydrogens is 342 g/mol. The number of aliphatic carboxylic acids is 1. The zero-order valence-electron chi connectivity index (χ0n) is 14.4. The average molecular weight is 366 g/mol. The lowest BCUT2D eigenvalue weighted by Gasteiger charge is -2.41. The predicted molar refractivity (Wildman–Crippen MR) is 94.4 cm³/mol. The van der Waals surface area contributed by atoms with E-state index in [1.165, 1.54) is 0 Å². The number of hydrogen-bond donors (Lipinski definition) is 1. The molecule has 5 nitrogen and oxygen atoms in total. The van der Waals surface area contributed by atoms with Crippen molar-refractivity contribution in [3.8, 4) is 0 Å². The van der Waals surface area contributed by atoms with E-state index in [0.717, 1.165) is 5.56 Å². The van der Waals surface area contributed by atoms with Crippen molar-refractivity contribution in [1.29, 1.82) is 0 Å². The molecule has 1 saturated carbocycles. The Morgan fingerprint density at radius 3 is 2.44 bits per heavy atom. The van der Waals surface area contributed by atoms with Gasteiger partial charge in [-0.25, -0.2) is 0 Å². The number of amides is 1. The molecule has 0 spiro atoms. The highest BCUT2D eigenvalue weighted by molar-refractivity contribution is 6.31. The van der Waals surface area contributed by atoms with Crippen molar-refractivity contribution in [3.05, 3.63) is 34.9 Å². The van der Waals surface area contributed by atoms with Gasteiger partial charge < -0.3 is 14.7 Å². The number of carbonyl (C=O) groups excluding carboxylic acids is 1. The average Bonchev–Trinajstić information content (AvgIpc) is 2.62. The lowest BCUT2D eigenvalue weighted by Crippen LogP contribution is -2.50. The molecule has 25 heavy (non-hydrogen) atoms. The van der Waals surface area contributed by atoms with E-state index in [9.17, 15) is 9.59 Å². The molecule has 2 unspecified atom stereocenters. The topological polar surface area (TPSA) is 66.8 Å². The second-order valence-electron chi connectivity index (χ2n) is 7.07. The number of carboxylic acid groups (broad SMARTS) is 1. The summed E-state index contributed by atoms with van der Waals surface area (Å²) in [5.41, 5.74) is 0.906. The van der Waals surface area contributed by atoms with Gasteiger partial charge in [0.25, 0.3) is 0 Å². The molecule has 2 fully saturated rings. The van der Waals surface area contributed by atoms with E-state index < -0.39 is 5.97 Å². The number of ether oxygens (including phenoxy) is 1. The highest BCUT2D eigenvalue weighted by Gasteiger charge is 2.37. The minimum atomic E-state index is -0.746. The van der Waals surface area contributed by atoms with Gasteiger partial charge in [0.1, 0.15) is 6.10 Å². The zero-order chi connectivity index (χ0) is 18.0. The number of rotatable bonds is 3. The number of benzene rings is 1. The largest absolute Gasteiger partial charge is 0.481 e. The molecule has 0 radical (unpaired) electrons. The van der Waals surface area contributed by atoms with Crippen LogP contribution in [0.3, 0.4) is 0 Å². The summed E-state index contributed by atoms with van der Waals surface area (Å²) in [6.07, 6.45) is 2.24. The maximum atomic E-state index is 13.0. The van der Waals surface area contributed by atoms with Crippen LogP contribution in [0.25, 0.3) is 0 Å². The first-order valence-electron chi connectivity index (χ1n) is 8.86. The Hall–Kier alpha value is -1.59. The Labute approximate surface area is 152 Å². The van der Waals surface area contributed by atoms with Crippen LogP contribution in [-0.2, 0) is 14.3 Å². The molecule has 1 amide bonds. The van der Waals surface area contributed by atoms with Crippen molar-refractivity contribution in [2.75, 3.05) is 13.2 Å². The second kappa shape index (κ2) is 7.75. The number of nitrogens with zero attached hydrogens (tertiary/aromatic N) is 1. The molecule has 3 rings (SSSR count). The van der Waals surface area contributed by atoms with Crippen molar-refractivity contribution in [2.45, 2.75) is 44.8 Å². The minimum Gasteiger partial charge on any atom is -0.481 e. The van der Waals surface area contributed by atoms with E-state index in [-0.39, 0.29) is 29.9 Å². The fraction of sp³-hybridized carbons (Fsp3) is 0.579. The molecule has 136 valence electrons. The molecule has 1 heterocycles. The summed E-state index contributed by atoms with van der Waals surface area (Å²) in [4.78, 5) is 26.0. The Kier molecular flexibility index (Phi) is 5.64. The smallest absolute Gasteiger partial charge is 0.306 e. The quantitative estimate of drug-likeness (QED) is 0.889. The fourth-order valence-electron chi connectivity index (χ4n) is 3.81. The molecule has 0 bridgehead atoms. The van der Waals surface area contributed by atoms with Crippen molar-refractivity contribution < 1.29 is 19.4 Å². The van der Waals surface area contributed by atoms with Crippen LogP contribution in [0.5, 0.6) is 0 Å². The van der Waals surface area contributed by atoms with Crippen LogP contribution >= 0.6 is 11.6 Å². The number of carboxylic acids is 1. The highest BCUT2D eigenvalue weighted by atomic mass is 35.5. The van der Waals surface area contributed by atoms with Crippen molar-refractivity contribution in [1.82, 2.24) is 4.90 Å². The van der Waals surface area contributed by atoms with Gasteiger partial charge in [-0.05, 0) is 38.7 Å². The van der Waals surface area contributed by atoms with Gasteiger partial charge in [-0.15, -0.1) is 0 Å². The third-order valence-electron chi connectivity index (χ3n) is 5.39. The van der Waals surface area contributed by atoms with Gasteiger partial charge in [0.05, 0.1) is 25.1 Å². The molecule has 1 aromatic carbocycles. The summed E-state index contributed by atoms with van der Waals surface area (Å²) >= 11 is 6.28. The van der Waals surface area contributed by atoms with Gasteiger partial charge >= 0.3 is 5.97 Å². The lowest BCUT2D eigenvalue weighted by molar-refractivity contribution is -0.152. The van der Waals surface area contributed by atoms with E-state index in [2.05, 4.69) is 0 Å². The minimum absolute atomic E-state index is 0.0171. The van der Waals surface area contributed by atoms with Crippen LogP contribution in [0.15, 0.2) is 24.3 Å². The Morgan fingerprint density at radius 1 is 1.16 bits per heavy atom. The maximum Gasteiger partial charge on any atom is 0.306 e. The zero-order valence-corrected chi connectivity index (χ0v) is 15.1. The molecule has 1 aromatic rings. The standard InChI is InChI=1S/C19H24ClNO4/c1-12-11-25-17(15-4-2-3-5-16(15)20)10-21(12)18(22)13-6-8-14(9-7-13)19(23)24/h2-5,12-14,17H,6-11H2,1H3,(H,23,24). The molecule has 1 aliphatic carbocycles. The molecule has 1 saturated heterocycles. The molecule has 2 aliphatic rings. The monoisotopic (exact) mass is 365 g/mol. The van der Waals surface area contributed by atoms with Gasteiger partial charge in [0.2, 0.25) is 5.91 Å². The Bertz CT molecular complexity index is 642. The predicted octanol–water partition coefficient (Wildman–Crippen LogP) is 3.52. The summed E-state index contributed by atoms with van der Waals surface area (Å²) in [5, 5.41) is 9.77. The SMILES string of the molecule is CC1COC(c2ccccc2Cl)CN1C(=O)C1CCC(C(=O)O)CC1. The Morgan fingerprint density at radius 2 is 1.80 bits per heavy atom. The van der Waals surface area contributed by atoms with E-state index in [0.29, 0.717) is 43.9 Å². The highest BCUT2D eigenvalue weighted by Crippen LogP contribution is 2.34. The second-order valence-corrected chi connectivity index (χ2v) is 7.48. The van der Waals surface area contributed by atoms with Crippen LogP contribution in [-0.4, -0.2) is 41.1 Å². The molecule has 0 aromatic heterocycles. The van der Waals surface area contributed by atoms with Crippen molar-refractivity contribution >= 4 is 23.5 Å². The number of morpholine rings is 1. The van der Waals surface area contributed by atoms with Crippen molar-refractivity contribution in [3.63, 3.8) is 0 Å². The normalized spacial score (nSPS) is 30.1. The van der Waals surface area contributed by atoms with Crippen LogP contribution < -0.4 is 0 Å². The molecule has 6 heteroatoms. The van der Waals surface area contributed by atoms with Crippen LogP contribution in [0, 0.1) is 11.8 Å². The van der Waals surface area contributed by atoms with E-state index in [4.69, 9.17) is 21.4 Å². The van der Waals surface area contributed by atoms with Gasteiger partial charge in [0, 0.05) is 16.5 Å². The summed E-state index contributed by atoms with van der Waals surface area (Å²) in [5.74, 6) is -1.01. The number of halogens is 1. The third-order valence-corrected chi connectivity index (χ3v) is 5.74. The molecule has 2 atom stereocenters. The first-order chi connectivity index (χ1) is 12.0. The van der Waals surface area contributed by atoms with Crippen LogP contribution in [0.4, 0.5) is 0 Å². The van der Waals surface area contributed by atoms with Crippen LogP contribution in [0.1, 0.15) is 44.3 Å². The first-order valence-corrected chi connectivity index (χ1v) is 9.24. The fourth-order valence-corrected chi connectivity index (χ4v) is 4.07. The molecular formula is C19H24ClNO4. The molecule has 1 N–H and O–H groups in total. The number of carbonyl (C=O) groups is 2. The number of hydrogen-bond acceptors (Lipinski definition) is 3. The van der Waals surface area contributed by atoms with E-state index >= 15 is 0 Å². The lowest BCUT2D eigenvalue weighted by atomic mass is 9.81. The van der Waals surface area contributed by atoms with E-state index in [1.807, 2.05) is 36.1 Å². The first kappa shape index (κ1) is 18.2. The third kappa shape index (κ3) is 3.98. The summed E-state index contributed by atoms with van der Waals surface area (Å²) in [6.45, 7) is 2.96. The molecule has 1 aliphatic heterocycles. The van der Waals surface area contributed by atoms with E-state index in [1.54, 1.807) is 0 Å². The Balaban J connectivity index is 1.67. The van der Waals surface area contributed by atoms with Gasteiger partial charge in [0.15, 0.2) is 0 Å². The van der Waals surface area contributed by atoms with Crippen LogP contribution in [0.2, 0.25) is 5.02 Å². The summed E-state index contributed by atoms with van der Waals surface area (Å²) in [6, 6.07) is 7.58. The van der Waals surface area contributed by atoms with Gasteiger partial charge in [-0.3, -0.25) is 9.59 Å². The van der Waals surface area contributed by atoms with Crippen molar-refractivity contribution in [2.24, 2.45) is 11.8 Å².